The van der Waals surface area contributed by atoms with Crippen molar-refractivity contribution in [3.63, 3.8) is 0 Å². The molecule has 0 aromatic heterocycles. The molecule has 0 amide bonds. The van der Waals surface area contributed by atoms with Gasteiger partial charge < -0.3 is 10.0 Å². The maximum atomic E-state index is 11.7. The van der Waals surface area contributed by atoms with Gasteiger partial charge in [-0.3, -0.25) is 9.52 Å². The van der Waals surface area contributed by atoms with Gasteiger partial charge in [0.05, 0.1) is 0 Å². The van der Waals surface area contributed by atoms with Crippen LogP contribution >= 0.6 is 0 Å². The Morgan fingerprint density at radius 1 is 1.28 bits per heavy atom. The summed E-state index contributed by atoms with van der Waals surface area (Å²) in [6.07, 6.45) is 0. The summed E-state index contributed by atoms with van der Waals surface area (Å²) in [5.41, 5.74) is 1.26. The van der Waals surface area contributed by atoms with E-state index >= 15 is 0 Å². The summed E-state index contributed by atoms with van der Waals surface area (Å²) in [4.78, 5) is 12.5. The molecule has 0 heterocycles. The van der Waals surface area contributed by atoms with E-state index in [0.717, 1.165) is 12.6 Å². The van der Waals surface area contributed by atoms with Crippen LogP contribution in [0.4, 0.5) is 11.4 Å². The smallest absolute Gasteiger partial charge is 0.323 e. The number of anilines is 2. The van der Waals surface area contributed by atoms with Crippen molar-refractivity contribution in [1.82, 2.24) is 0 Å². The molecule has 0 saturated carbocycles. The highest BCUT2D eigenvalue weighted by Gasteiger charge is 2.27. The zero-order chi connectivity index (χ0) is 13.9. The van der Waals surface area contributed by atoms with Gasteiger partial charge >= 0.3 is 5.97 Å². The fraction of sp³-hybridized carbons (Fsp3) is 0.364. The first kappa shape index (κ1) is 14.3. The zero-order valence-corrected chi connectivity index (χ0v) is 11.2. The first-order valence-electron chi connectivity index (χ1n) is 5.26. The molecule has 6 nitrogen and oxygen atoms in total. The molecule has 0 aliphatic rings. The van der Waals surface area contributed by atoms with E-state index in [0.29, 0.717) is 5.69 Å². The predicted molar refractivity (Wildman–Crippen MR) is 70.4 cm³/mol. The van der Waals surface area contributed by atoms with Gasteiger partial charge in [-0.1, -0.05) is 0 Å². The number of nitrogens with one attached hydrogen (secondary N) is 1. The van der Waals surface area contributed by atoms with E-state index < -0.39 is 21.2 Å². The van der Waals surface area contributed by atoms with Crippen LogP contribution in [-0.4, -0.2) is 38.8 Å². The summed E-state index contributed by atoms with van der Waals surface area (Å²) in [6, 6.07) is 6.65. The summed E-state index contributed by atoms with van der Waals surface area (Å²) in [6.45, 7) is 1.12. The van der Waals surface area contributed by atoms with Crippen molar-refractivity contribution in [3.8, 4) is 0 Å². The Bertz CT molecular complexity index is 522. The van der Waals surface area contributed by atoms with Crippen LogP contribution < -0.4 is 9.62 Å². The van der Waals surface area contributed by atoms with Crippen LogP contribution in [0, 0.1) is 0 Å². The summed E-state index contributed by atoms with van der Waals surface area (Å²) in [5, 5.41) is 7.19. The van der Waals surface area contributed by atoms with E-state index in [1.54, 1.807) is 24.3 Å². The molecule has 1 atom stereocenters. The van der Waals surface area contributed by atoms with Crippen molar-refractivity contribution in [2.24, 2.45) is 0 Å². The lowest BCUT2D eigenvalue weighted by Gasteiger charge is -2.14. The second kappa shape index (κ2) is 5.26. The van der Waals surface area contributed by atoms with Crippen LogP contribution in [0.3, 0.4) is 0 Å². The summed E-state index contributed by atoms with van der Waals surface area (Å²) in [7, 11) is -0.175. The third-order valence-electron chi connectivity index (χ3n) is 2.46. The third kappa shape index (κ3) is 3.36. The number of nitrogens with zero attached hydrogens (tertiary/aromatic N) is 1. The molecule has 2 N–H and O–H groups in total. The zero-order valence-electron chi connectivity index (χ0n) is 10.4. The highest BCUT2D eigenvalue weighted by Crippen LogP contribution is 2.17. The average Bonchev–Trinajstić information content (AvgIpc) is 2.28. The van der Waals surface area contributed by atoms with Crippen molar-refractivity contribution in [3.05, 3.63) is 24.3 Å². The van der Waals surface area contributed by atoms with Gasteiger partial charge in [-0.15, -0.1) is 0 Å². The Balaban J connectivity index is 2.88. The highest BCUT2D eigenvalue weighted by atomic mass is 32.2. The predicted octanol–water partition coefficient (Wildman–Crippen LogP) is 0.967. The molecule has 0 aliphatic carbocycles. The summed E-state index contributed by atoms with van der Waals surface area (Å²) in [5.74, 6) is -1.38. The molecule has 1 aromatic rings. The quantitative estimate of drug-likeness (QED) is 0.834. The Hall–Kier alpha value is -1.76. The maximum absolute atomic E-state index is 11.7. The van der Waals surface area contributed by atoms with Crippen molar-refractivity contribution in [2.75, 3.05) is 23.7 Å². The van der Waals surface area contributed by atoms with Crippen LogP contribution in [-0.2, 0) is 14.8 Å². The molecule has 0 bridgehead atoms. The second-order valence-corrected chi connectivity index (χ2v) is 6.07. The van der Waals surface area contributed by atoms with Crippen LogP contribution in [0.2, 0.25) is 0 Å². The van der Waals surface area contributed by atoms with Crippen LogP contribution in [0.25, 0.3) is 0 Å². The molecule has 1 rings (SSSR count). The van der Waals surface area contributed by atoms with E-state index in [2.05, 4.69) is 4.72 Å². The van der Waals surface area contributed by atoms with Crippen molar-refractivity contribution >= 4 is 27.4 Å². The van der Waals surface area contributed by atoms with Gasteiger partial charge in [-0.25, -0.2) is 8.42 Å². The fourth-order valence-corrected chi connectivity index (χ4v) is 2.12. The minimum Gasteiger partial charge on any atom is -0.480 e. The molecule has 0 radical (unpaired) electrons. The van der Waals surface area contributed by atoms with Gasteiger partial charge in [-0.05, 0) is 31.2 Å². The number of sulfonamides is 1. The molecular weight excluding hydrogens is 256 g/mol. The molecule has 1 unspecified atom stereocenters. The number of carbonyl (C=O) groups is 1. The van der Waals surface area contributed by atoms with Gasteiger partial charge in [0.1, 0.15) is 0 Å². The maximum Gasteiger partial charge on any atom is 0.323 e. The molecule has 0 saturated heterocycles. The molecule has 0 aliphatic heterocycles. The van der Waals surface area contributed by atoms with Gasteiger partial charge in [0, 0.05) is 25.5 Å². The van der Waals surface area contributed by atoms with E-state index in [1.165, 1.54) is 0 Å². The van der Waals surface area contributed by atoms with Gasteiger partial charge in [0.2, 0.25) is 10.0 Å². The Morgan fingerprint density at radius 2 is 1.78 bits per heavy atom. The number of carboxylic acid groups (broad SMARTS) is 1. The van der Waals surface area contributed by atoms with Gasteiger partial charge in [-0.2, -0.15) is 0 Å². The molecule has 18 heavy (non-hydrogen) atoms. The topological polar surface area (TPSA) is 86.7 Å². The van der Waals surface area contributed by atoms with Crippen molar-refractivity contribution in [2.45, 2.75) is 12.2 Å². The molecule has 1 aromatic carbocycles. The molecule has 0 spiro atoms. The standard InChI is InChI=1S/C11H16N2O4S/c1-8(11(14)15)18(16,17)12-9-4-6-10(7-5-9)13(2)3/h4-8,12H,1-3H3,(H,14,15). The van der Waals surface area contributed by atoms with E-state index in [4.69, 9.17) is 5.11 Å². The Labute approximate surface area is 106 Å². The van der Waals surface area contributed by atoms with Gasteiger partial charge in [0.15, 0.2) is 5.25 Å². The van der Waals surface area contributed by atoms with Crippen LogP contribution in [0.15, 0.2) is 24.3 Å². The van der Waals surface area contributed by atoms with Gasteiger partial charge in [0.25, 0.3) is 0 Å². The lowest BCUT2D eigenvalue weighted by atomic mass is 10.3. The van der Waals surface area contributed by atoms with Crippen LogP contribution in [0.5, 0.6) is 0 Å². The summed E-state index contributed by atoms with van der Waals surface area (Å²) >= 11 is 0. The average molecular weight is 272 g/mol. The minimum atomic E-state index is -3.91. The number of rotatable bonds is 5. The first-order chi connectivity index (χ1) is 8.24. The third-order valence-corrected chi connectivity index (χ3v) is 4.11. The monoisotopic (exact) mass is 272 g/mol. The fourth-order valence-electron chi connectivity index (χ4n) is 1.21. The Morgan fingerprint density at radius 3 is 2.17 bits per heavy atom. The molecule has 0 fully saturated rings. The lowest BCUT2D eigenvalue weighted by Crippen LogP contribution is -2.32. The minimum absolute atomic E-state index is 0.341. The second-order valence-electron chi connectivity index (χ2n) is 4.07. The van der Waals surface area contributed by atoms with E-state index in [9.17, 15) is 13.2 Å². The first-order valence-corrected chi connectivity index (χ1v) is 6.80. The van der Waals surface area contributed by atoms with Crippen molar-refractivity contribution in [1.29, 1.82) is 0 Å². The Kier molecular flexibility index (Phi) is 4.18. The molecule has 100 valence electrons. The number of carboxylic acids is 1. The molecule has 7 heteroatoms. The largest absolute Gasteiger partial charge is 0.480 e. The molecular formula is C11H16N2O4S. The van der Waals surface area contributed by atoms with Crippen LogP contribution in [0.1, 0.15) is 6.92 Å². The SMILES string of the molecule is CC(C(=O)O)S(=O)(=O)Nc1ccc(N(C)C)cc1. The number of benzene rings is 1. The summed E-state index contributed by atoms with van der Waals surface area (Å²) < 4.78 is 25.6. The number of hydrogen-bond acceptors (Lipinski definition) is 4. The van der Waals surface area contributed by atoms with E-state index in [-0.39, 0.29) is 0 Å². The number of aliphatic carboxylic acids is 1. The highest BCUT2D eigenvalue weighted by molar-refractivity contribution is 7.94. The normalized spacial score (nSPS) is 12.8. The lowest BCUT2D eigenvalue weighted by molar-refractivity contribution is -0.136. The number of hydrogen-bond donors (Lipinski definition) is 2. The van der Waals surface area contributed by atoms with E-state index in [1.807, 2.05) is 19.0 Å². The van der Waals surface area contributed by atoms with Crippen molar-refractivity contribution < 1.29 is 18.3 Å².